The van der Waals surface area contributed by atoms with Crippen LogP contribution in [0, 0.1) is 5.92 Å². The predicted octanol–water partition coefficient (Wildman–Crippen LogP) is 0.448. The fraction of sp³-hybridized carbons (Fsp3) is 0.818. The summed E-state index contributed by atoms with van der Waals surface area (Å²) in [5.74, 6) is -0.154. The first-order valence-electron chi connectivity index (χ1n) is 5.88. The zero-order chi connectivity index (χ0) is 11.3. The van der Waals surface area contributed by atoms with Crippen molar-refractivity contribution in [1.29, 1.82) is 0 Å². The van der Waals surface area contributed by atoms with E-state index in [0.29, 0.717) is 13.2 Å². The molecule has 2 unspecified atom stereocenters. The highest BCUT2D eigenvalue weighted by Gasteiger charge is 2.50. The van der Waals surface area contributed by atoms with Crippen molar-refractivity contribution in [2.45, 2.75) is 31.3 Å². The summed E-state index contributed by atoms with van der Waals surface area (Å²) in [6, 6.07) is -0.0400. The number of rotatable bonds is 1. The van der Waals surface area contributed by atoms with E-state index in [2.05, 4.69) is 0 Å². The van der Waals surface area contributed by atoms with Crippen molar-refractivity contribution < 1.29 is 14.3 Å². The summed E-state index contributed by atoms with van der Waals surface area (Å²) in [6.45, 7) is 0.960. The molecule has 0 N–H and O–H groups in total. The second-order valence-electron chi connectivity index (χ2n) is 4.90. The van der Waals surface area contributed by atoms with E-state index >= 15 is 0 Å². The first kappa shape index (κ1) is 10.1. The number of amides is 3. The monoisotopic (exact) mass is 224 g/mol. The van der Waals surface area contributed by atoms with Crippen LogP contribution >= 0.6 is 0 Å². The fourth-order valence-corrected chi connectivity index (χ4v) is 2.73. The maximum absolute atomic E-state index is 12.2. The van der Waals surface area contributed by atoms with Gasteiger partial charge in [0.25, 0.3) is 0 Å². The van der Waals surface area contributed by atoms with E-state index < -0.39 is 0 Å². The Morgan fingerprint density at radius 1 is 1.25 bits per heavy atom. The molecule has 2 heterocycles. The Bertz CT molecular complexity index is 340. The summed E-state index contributed by atoms with van der Waals surface area (Å²) in [5.41, 5.74) is 0. The molecule has 0 radical (unpaired) electrons. The van der Waals surface area contributed by atoms with E-state index in [-0.39, 0.29) is 29.9 Å². The van der Waals surface area contributed by atoms with Crippen LogP contribution in [-0.4, -0.2) is 54.1 Å². The highest BCUT2D eigenvalue weighted by Crippen LogP contribution is 2.33. The van der Waals surface area contributed by atoms with Gasteiger partial charge in [0.1, 0.15) is 0 Å². The van der Waals surface area contributed by atoms with Gasteiger partial charge in [-0.25, -0.2) is 4.79 Å². The van der Waals surface area contributed by atoms with Crippen molar-refractivity contribution in [3.63, 3.8) is 0 Å². The van der Waals surface area contributed by atoms with Crippen LogP contribution in [0.2, 0.25) is 0 Å². The van der Waals surface area contributed by atoms with Crippen LogP contribution in [0.4, 0.5) is 4.79 Å². The number of likely N-dealkylation sites (N-methyl/N-ethyl adjacent to an activating group) is 1. The molecule has 3 rings (SSSR count). The van der Waals surface area contributed by atoms with Crippen LogP contribution in [0.5, 0.6) is 0 Å². The third-order valence-electron chi connectivity index (χ3n) is 4.05. The van der Waals surface area contributed by atoms with Gasteiger partial charge in [-0.3, -0.25) is 9.69 Å². The molecule has 2 saturated heterocycles. The number of nitrogens with zero attached hydrogens (tertiary/aromatic N) is 2. The van der Waals surface area contributed by atoms with Gasteiger partial charge in [-0.05, 0) is 19.3 Å². The molecule has 0 aromatic carbocycles. The minimum Gasteiger partial charge on any atom is -0.378 e. The number of carbonyl (C=O) groups is 2. The predicted molar refractivity (Wildman–Crippen MR) is 55.7 cm³/mol. The summed E-state index contributed by atoms with van der Waals surface area (Å²) < 4.78 is 5.32. The van der Waals surface area contributed by atoms with E-state index in [1.165, 1.54) is 4.90 Å². The van der Waals surface area contributed by atoms with Crippen LogP contribution in [-0.2, 0) is 9.53 Å². The number of hydrogen-bond acceptors (Lipinski definition) is 3. The average molecular weight is 224 g/mol. The first-order chi connectivity index (χ1) is 7.70. The van der Waals surface area contributed by atoms with Gasteiger partial charge in [-0.15, -0.1) is 0 Å². The van der Waals surface area contributed by atoms with E-state index in [1.54, 1.807) is 11.9 Å². The van der Waals surface area contributed by atoms with Crippen molar-refractivity contribution in [2.75, 3.05) is 20.3 Å². The lowest BCUT2D eigenvalue weighted by Crippen LogP contribution is -2.63. The zero-order valence-corrected chi connectivity index (χ0v) is 9.39. The van der Waals surface area contributed by atoms with Crippen molar-refractivity contribution in [2.24, 2.45) is 5.92 Å². The van der Waals surface area contributed by atoms with Gasteiger partial charge >= 0.3 is 6.03 Å². The van der Waals surface area contributed by atoms with Crippen molar-refractivity contribution in [3.8, 4) is 0 Å². The molecule has 0 aromatic heterocycles. The Labute approximate surface area is 94.3 Å². The molecule has 0 bridgehead atoms. The average Bonchev–Trinajstić information content (AvgIpc) is 2.67. The normalized spacial score (nSPS) is 35.3. The fourth-order valence-electron chi connectivity index (χ4n) is 2.73. The topological polar surface area (TPSA) is 49.9 Å². The Hall–Kier alpha value is -1.10. The summed E-state index contributed by atoms with van der Waals surface area (Å²) in [4.78, 5) is 27.4. The van der Waals surface area contributed by atoms with Gasteiger partial charge in [0.2, 0.25) is 5.91 Å². The summed E-state index contributed by atoms with van der Waals surface area (Å²) in [5, 5.41) is 0. The van der Waals surface area contributed by atoms with Gasteiger partial charge in [0, 0.05) is 13.1 Å². The second kappa shape index (κ2) is 3.45. The number of urea groups is 1. The van der Waals surface area contributed by atoms with E-state index in [9.17, 15) is 9.59 Å². The van der Waals surface area contributed by atoms with Crippen LogP contribution in [0.15, 0.2) is 0 Å². The van der Waals surface area contributed by atoms with E-state index in [0.717, 1.165) is 19.3 Å². The van der Waals surface area contributed by atoms with Crippen molar-refractivity contribution in [1.82, 2.24) is 9.80 Å². The third-order valence-corrected chi connectivity index (χ3v) is 4.05. The van der Waals surface area contributed by atoms with Crippen LogP contribution < -0.4 is 0 Å². The highest BCUT2D eigenvalue weighted by atomic mass is 16.5. The molecular weight excluding hydrogens is 208 g/mol. The lowest BCUT2D eigenvalue weighted by atomic mass is 9.88. The van der Waals surface area contributed by atoms with Crippen molar-refractivity contribution in [3.05, 3.63) is 0 Å². The lowest BCUT2D eigenvalue weighted by Gasteiger charge is -2.45. The van der Waals surface area contributed by atoms with Crippen LogP contribution in [0.25, 0.3) is 0 Å². The Balaban J connectivity index is 1.88. The van der Waals surface area contributed by atoms with Gasteiger partial charge in [-0.2, -0.15) is 0 Å². The molecule has 2 aliphatic heterocycles. The molecule has 1 saturated carbocycles. The summed E-state index contributed by atoms with van der Waals surface area (Å²) >= 11 is 0. The molecule has 1 aliphatic carbocycles. The minimum atomic E-state index is -0.138. The number of ether oxygens (including phenoxy) is 1. The highest BCUT2D eigenvalue weighted by molar-refractivity contribution is 5.99. The van der Waals surface area contributed by atoms with Crippen LogP contribution in [0.1, 0.15) is 19.3 Å². The molecular formula is C11H16N2O3. The molecule has 5 heteroatoms. The molecule has 2 atom stereocenters. The Morgan fingerprint density at radius 3 is 2.62 bits per heavy atom. The quantitative estimate of drug-likeness (QED) is 0.649. The third kappa shape index (κ3) is 1.21. The zero-order valence-electron chi connectivity index (χ0n) is 9.39. The van der Waals surface area contributed by atoms with E-state index in [4.69, 9.17) is 4.74 Å². The second-order valence-corrected chi connectivity index (χ2v) is 4.90. The largest absolute Gasteiger partial charge is 0.378 e. The Morgan fingerprint density at radius 2 is 2.00 bits per heavy atom. The Kier molecular flexibility index (Phi) is 2.17. The summed E-state index contributed by atoms with van der Waals surface area (Å²) in [6.07, 6.45) is 3.04. The van der Waals surface area contributed by atoms with E-state index in [1.807, 2.05) is 0 Å². The first-order valence-corrected chi connectivity index (χ1v) is 5.88. The number of carbonyl (C=O) groups excluding carboxylic acids is 2. The maximum Gasteiger partial charge on any atom is 0.327 e. The molecule has 3 fully saturated rings. The smallest absolute Gasteiger partial charge is 0.327 e. The number of hydrogen-bond donors (Lipinski definition) is 0. The van der Waals surface area contributed by atoms with Gasteiger partial charge < -0.3 is 9.64 Å². The standard InChI is InChI=1S/C11H16N2O3/c1-12-9-6-16-5-8(9)10(14)13(11(12)15)7-3-2-4-7/h7-9H,2-6H2,1H3. The van der Waals surface area contributed by atoms with Crippen LogP contribution in [0.3, 0.4) is 0 Å². The van der Waals surface area contributed by atoms with Gasteiger partial charge in [0.15, 0.2) is 0 Å². The number of imide groups is 1. The molecule has 3 aliphatic rings. The molecule has 5 nitrogen and oxygen atoms in total. The number of fused-ring (bicyclic) bond motifs is 1. The molecule has 88 valence electrons. The maximum atomic E-state index is 12.2. The summed E-state index contributed by atoms with van der Waals surface area (Å²) in [7, 11) is 1.77. The van der Waals surface area contributed by atoms with Gasteiger partial charge in [-0.1, -0.05) is 0 Å². The molecule has 0 spiro atoms. The lowest BCUT2D eigenvalue weighted by molar-refractivity contribution is -0.140. The SMILES string of the molecule is CN1C(=O)N(C2CCC2)C(=O)C2COCC21. The molecule has 0 aromatic rings. The minimum absolute atomic E-state index is 0.0182. The molecule has 16 heavy (non-hydrogen) atoms. The van der Waals surface area contributed by atoms with Gasteiger partial charge in [0.05, 0.1) is 25.2 Å². The van der Waals surface area contributed by atoms with Crippen molar-refractivity contribution >= 4 is 11.9 Å². The molecule has 3 amide bonds.